The Morgan fingerprint density at radius 1 is 1.43 bits per heavy atom. The number of nitrogens with zero attached hydrogens (tertiary/aromatic N) is 1. The molecule has 8 heteroatoms. The number of hydrogen-bond acceptors (Lipinski definition) is 5. The largest absolute Gasteiger partial charge is 0.492 e. The van der Waals surface area contributed by atoms with Gasteiger partial charge in [-0.05, 0) is 18.9 Å². The van der Waals surface area contributed by atoms with E-state index < -0.39 is 11.9 Å². The molecule has 2 rings (SSSR count). The maximum Gasteiger partial charge on any atom is 0.449 e. The number of alkyl halides is 3. The van der Waals surface area contributed by atoms with Crippen LogP contribution in [0, 0.1) is 6.92 Å². The molecule has 0 fully saturated rings. The van der Waals surface area contributed by atoms with E-state index in [1.807, 2.05) is 13.8 Å². The molecule has 0 aliphatic carbocycles. The van der Waals surface area contributed by atoms with Gasteiger partial charge in [0.1, 0.15) is 5.76 Å². The molecule has 0 aliphatic heterocycles. The van der Waals surface area contributed by atoms with Crippen LogP contribution < -0.4 is 5.32 Å². The van der Waals surface area contributed by atoms with E-state index in [0.717, 1.165) is 0 Å². The van der Waals surface area contributed by atoms with E-state index in [9.17, 15) is 18.3 Å². The topological polar surface area (TPSA) is 58.3 Å². The van der Waals surface area contributed by atoms with Crippen LogP contribution in [-0.2, 0) is 12.7 Å². The summed E-state index contributed by atoms with van der Waals surface area (Å²) in [6.07, 6.45) is -4.53. The molecule has 0 amide bonds. The molecule has 4 nitrogen and oxygen atoms in total. The lowest BCUT2D eigenvalue weighted by molar-refractivity contribution is -0.154. The summed E-state index contributed by atoms with van der Waals surface area (Å²) in [6, 6.07) is 1.34. The molecule has 2 aromatic heterocycles. The van der Waals surface area contributed by atoms with Crippen LogP contribution in [0.15, 0.2) is 10.5 Å². The highest BCUT2D eigenvalue weighted by atomic mass is 32.1. The van der Waals surface area contributed by atoms with E-state index in [1.54, 1.807) is 0 Å². The predicted molar refractivity (Wildman–Crippen MR) is 73.6 cm³/mol. The first-order valence-corrected chi connectivity index (χ1v) is 7.10. The summed E-state index contributed by atoms with van der Waals surface area (Å²) in [5.74, 6) is -0.793. The number of aromatic hydroxyl groups is 1. The van der Waals surface area contributed by atoms with Crippen LogP contribution >= 0.6 is 11.3 Å². The zero-order chi connectivity index (χ0) is 15.8. The van der Waals surface area contributed by atoms with Gasteiger partial charge in [0.05, 0.1) is 4.88 Å². The minimum atomic E-state index is -4.53. The van der Waals surface area contributed by atoms with Gasteiger partial charge in [-0.25, -0.2) is 0 Å². The molecule has 0 unspecified atom stereocenters. The Kier molecular flexibility index (Phi) is 4.18. The summed E-state index contributed by atoms with van der Waals surface area (Å²) in [5, 5.41) is 12.8. The second-order valence-corrected chi connectivity index (χ2v) is 5.95. The Morgan fingerprint density at radius 3 is 2.62 bits per heavy atom. The van der Waals surface area contributed by atoms with Gasteiger partial charge < -0.3 is 14.8 Å². The van der Waals surface area contributed by atoms with E-state index >= 15 is 0 Å². The molecule has 0 aromatic carbocycles. The average molecular weight is 320 g/mol. The van der Waals surface area contributed by atoms with Crippen molar-refractivity contribution < 1.29 is 22.7 Å². The first kappa shape index (κ1) is 15.7. The normalized spacial score (nSPS) is 12.1. The third kappa shape index (κ3) is 3.49. The van der Waals surface area contributed by atoms with Crippen LogP contribution in [-0.4, -0.2) is 10.1 Å². The SMILES string of the molecule is Cc1cc(CNc2nc(O)c(C(C)C)s2)c(C(F)(F)F)o1. The second-order valence-electron chi connectivity index (χ2n) is 4.92. The van der Waals surface area contributed by atoms with Crippen LogP contribution in [0.2, 0.25) is 0 Å². The van der Waals surface area contributed by atoms with Gasteiger partial charge >= 0.3 is 6.18 Å². The highest BCUT2D eigenvalue weighted by molar-refractivity contribution is 7.16. The maximum atomic E-state index is 12.8. The van der Waals surface area contributed by atoms with Gasteiger partial charge in [0, 0.05) is 12.1 Å². The maximum absolute atomic E-state index is 12.8. The standard InChI is InChI=1S/C13H15F3N2O2S/c1-6(2)9-11(19)18-12(21-9)17-5-8-4-7(3)20-10(8)13(14,15)16/h4,6,19H,5H2,1-3H3,(H,17,18). The van der Waals surface area contributed by atoms with Gasteiger partial charge in [0.15, 0.2) is 5.13 Å². The van der Waals surface area contributed by atoms with Crippen LogP contribution in [0.5, 0.6) is 5.88 Å². The van der Waals surface area contributed by atoms with Crippen LogP contribution in [0.25, 0.3) is 0 Å². The second kappa shape index (κ2) is 5.59. The van der Waals surface area contributed by atoms with Crippen LogP contribution in [0.3, 0.4) is 0 Å². The lowest BCUT2D eigenvalue weighted by Crippen LogP contribution is -2.09. The predicted octanol–water partition coefficient (Wildman–Crippen LogP) is 4.50. The smallest absolute Gasteiger partial charge is 0.449 e. The summed E-state index contributed by atoms with van der Waals surface area (Å²) in [4.78, 5) is 4.59. The van der Waals surface area contributed by atoms with Crippen molar-refractivity contribution in [1.29, 1.82) is 0 Å². The van der Waals surface area contributed by atoms with Crippen molar-refractivity contribution in [3.63, 3.8) is 0 Å². The fourth-order valence-electron chi connectivity index (χ4n) is 1.88. The van der Waals surface area contributed by atoms with Gasteiger partial charge in [-0.3, -0.25) is 0 Å². The van der Waals surface area contributed by atoms with Gasteiger partial charge in [0.25, 0.3) is 0 Å². The Bertz CT molecular complexity index is 632. The highest BCUT2D eigenvalue weighted by Gasteiger charge is 2.37. The minimum Gasteiger partial charge on any atom is -0.492 e. The summed E-state index contributed by atoms with van der Waals surface area (Å²) in [5.41, 5.74) is 0.0146. The molecule has 0 radical (unpaired) electrons. The fourth-order valence-corrected chi connectivity index (χ4v) is 2.74. The van der Waals surface area contributed by atoms with Gasteiger partial charge in [-0.1, -0.05) is 25.2 Å². The minimum absolute atomic E-state index is 0.0146. The van der Waals surface area contributed by atoms with Gasteiger partial charge in [-0.2, -0.15) is 18.2 Å². The number of rotatable bonds is 4. The summed E-state index contributed by atoms with van der Waals surface area (Å²) in [6.45, 7) is 5.19. The molecular formula is C13H15F3N2O2S. The molecule has 0 bridgehead atoms. The molecule has 2 aromatic rings. The van der Waals surface area contributed by atoms with Crippen molar-refractivity contribution in [2.45, 2.75) is 39.4 Å². The van der Waals surface area contributed by atoms with Gasteiger partial charge in [-0.15, -0.1) is 0 Å². The molecule has 116 valence electrons. The van der Waals surface area contributed by atoms with Crippen molar-refractivity contribution in [3.8, 4) is 5.88 Å². The molecule has 21 heavy (non-hydrogen) atoms. The van der Waals surface area contributed by atoms with Crippen molar-refractivity contribution in [3.05, 3.63) is 28.0 Å². The van der Waals surface area contributed by atoms with E-state index in [2.05, 4.69) is 10.3 Å². The van der Waals surface area contributed by atoms with Crippen LogP contribution in [0.4, 0.5) is 18.3 Å². The van der Waals surface area contributed by atoms with Crippen molar-refractivity contribution in [2.24, 2.45) is 0 Å². The molecule has 0 saturated carbocycles. The zero-order valence-electron chi connectivity index (χ0n) is 11.7. The number of thiazole rings is 1. The molecule has 0 atom stereocenters. The number of halogens is 3. The summed E-state index contributed by atoms with van der Waals surface area (Å²) >= 11 is 1.22. The Morgan fingerprint density at radius 2 is 2.10 bits per heavy atom. The van der Waals surface area contributed by atoms with E-state index in [4.69, 9.17) is 4.42 Å². The number of furan rings is 1. The zero-order valence-corrected chi connectivity index (χ0v) is 12.5. The number of nitrogens with one attached hydrogen (secondary N) is 1. The van der Waals surface area contributed by atoms with E-state index in [0.29, 0.717) is 10.0 Å². The highest BCUT2D eigenvalue weighted by Crippen LogP contribution is 2.36. The number of aryl methyl sites for hydroxylation is 1. The molecule has 2 heterocycles. The molecular weight excluding hydrogens is 305 g/mol. The van der Waals surface area contributed by atoms with Crippen LogP contribution in [0.1, 0.15) is 41.7 Å². The Labute approximate surface area is 123 Å². The monoisotopic (exact) mass is 320 g/mol. The quantitative estimate of drug-likeness (QED) is 0.870. The van der Waals surface area contributed by atoms with Crippen molar-refractivity contribution in [1.82, 2.24) is 4.98 Å². The molecule has 2 N–H and O–H groups in total. The van der Waals surface area contributed by atoms with E-state index in [1.165, 1.54) is 24.3 Å². The first-order chi connectivity index (χ1) is 9.68. The third-order valence-electron chi connectivity index (χ3n) is 2.78. The fraction of sp³-hybridized carbons (Fsp3) is 0.462. The summed E-state index contributed by atoms with van der Waals surface area (Å²) < 4.78 is 43.1. The van der Waals surface area contributed by atoms with E-state index in [-0.39, 0.29) is 29.7 Å². The average Bonchev–Trinajstić information content (AvgIpc) is 2.89. The first-order valence-electron chi connectivity index (χ1n) is 6.28. The van der Waals surface area contributed by atoms with Gasteiger partial charge in [0.2, 0.25) is 11.6 Å². The Hall–Kier alpha value is -1.70. The number of hydrogen-bond donors (Lipinski definition) is 2. The third-order valence-corrected chi connectivity index (χ3v) is 4.08. The lowest BCUT2D eigenvalue weighted by Gasteiger charge is -2.06. The number of anilines is 1. The molecule has 0 aliphatic rings. The molecule has 0 spiro atoms. The Balaban J connectivity index is 2.15. The summed E-state index contributed by atoms with van der Waals surface area (Å²) in [7, 11) is 0. The lowest BCUT2D eigenvalue weighted by atomic mass is 10.2. The van der Waals surface area contributed by atoms with Crippen molar-refractivity contribution >= 4 is 16.5 Å². The number of aromatic nitrogens is 1. The van der Waals surface area contributed by atoms with Crippen molar-refractivity contribution in [2.75, 3.05) is 5.32 Å². The molecule has 0 saturated heterocycles.